The van der Waals surface area contributed by atoms with Crippen LogP contribution in [-0.4, -0.2) is 28.5 Å². The Labute approximate surface area is 93.7 Å². The summed E-state index contributed by atoms with van der Waals surface area (Å²) >= 11 is 0. The molecule has 4 nitrogen and oxygen atoms in total. The average Bonchev–Trinajstić information content (AvgIpc) is 2.73. The van der Waals surface area contributed by atoms with E-state index in [4.69, 9.17) is 5.73 Å². The van der Waals surface area contributed by atoms with E-state index in [1.165, 1.54) is 0 Å². The first-order valence-corrected chi connectivity index (χ1v) is 5.49. The number of fused-ring (bicyclic) bond motifs is 1. The quantitative estimate of drug-likeness (QED) is 0.750. The zero-order chi connectivity index (χ0) is 11.3. The lowest BCUT2D eigenvalue weighted by Crippen LogP contribution is -2.32. The van der Waals surface area contributed by atoms with Crippen LogP contribution < -0.4 is 5.73 Å². The molecule has 1 amide bonds. The molecule has 0 bridgehead atoms. The van der Waals surface area contributed by atoms with E-state index in [1.807, 2.05) is 11.0 Å². The fourth-order valence-corrected chi connectivity index (χ4v) is 2.56. The molecule has 2 fully saturated rings. The Morgan fingerprint density at radius 1 is 1.50 bits per heavy atom. The molecule has 1 heterocycles. The summed E-state index contributed by atoms with van der Waals surface area (Å²) in [6.45, 7) is 1.34. The van der Waals surface area contributed by atoms with Crippen LogP contribution in [0.4, 0.5) is 0 Å². The van der Waals surface area contributed by atoms with Crippen molar-refractivity contribution in [3.8, 4) is 5.75 Å². The summed E-state index contributed by atoms with van der Waals surface area (Å²) in [4.78, 5) is 13.7. The minimum Gasteiger partial charge on any atom is -0.508 e. The van der Waals surface area contributed by atoms with Gasteiger partial charge in [-0.2, -0.15) is 0 Å². The van der Waals surface area contributed by atoms with Gasteiger partial charge in [-0.05, 0) is 17.7 Å². The van der Waals surface area contributed by atoms with Crippen LogP contribution in [0.15, 0.2) is 24.3 Å². The molecule has 0 radical (unpaired) electrons. The second-order valence-corrected chi connectivity index (χ2v) is 4.66. The van der Waals surface area contributed by atoms with E-state index in [0.717, 1.165) is 12.1 Å². The number of nitrogens with two attached hydrogens (primary N) is 1. The molecule has 1 aromatic carbocycles. The van der Waals surface area contributed by atoms with Gasteiger partial charge in [0, 0.05) is 25.0 Å². The first kappa shape index (κ1) is 9.66. The van der Waals surface area contributed by atoms with Gasteiger partial charge in [-0.3, -0.25) is 4.79 Å². The van der Waals surface area contributed by atoms with E-state index in [-0.39, 0.29) is 23.6 Å². The van der Waals surface area contributed by atoms with Crippen molar-refractivity contribution in [3.05, 3.63) is 29.8 Å². The molecular weight excluding hydrogens is 204 g/mol. The molecule has 16 heavy (non-hydrogen) atoms. The fourth-order valence-electron chi connectivity index (χ4n) is 2.56. The molecule has 0 aromatic heterocycles. The standard InChI is InChI=1S/C12H14N2O2/c13-11-9-6-14(12(16)10(9)11)5-7-2-1-3-8(15)4-7/h1-4,9-11,15H,5-6,13H2. The van der Waals surface area contributed by atoms with E-state index in [0.29, 0.717) is 12.5 Å². The van der Waals surface area contributed by atoms with Crippen LogP contribution in [0.3, 0.4) is 0 Å². The van der Waals surface area contributed by atoms with Crippen LogP contribution in [-0.2, 0) is 11.3 Å². The molecule has 3 N–H and O–H groups in total. The number of phenols is 1. The van der Waals surface area contributed by atoms with Crippen LogP contribution >= 0.6 is 0 Å². The Morgan fingerprint density at radius 3 is 2.94 bits per heavy atom. The molecule has 0 spiro atoms. The molecule has 2 aliphatic rings. The fraction of sp³-hybridized carbons (Fsp3) is 0.417. The highest BCUT2D eigenvalue weighted by Gasteiger charge is 2.59. The zero-order valence-corrected chi connectivity index (χ0v) is 8.84. The molecule has 1 aromatic rings. The Bertz CT molecular complexity index is 446. The number of carbonyl (C=O) groups is 1. The zero-order valence-electron chi connectivity index (χ0n) is 8.84. The number of carbonyl (C=O) groups excluding carboxylic acids is 1. The highest BCUT2D eigenvalue weighted by Crippen LogP contribution is 2.45. The normalized spacial score (nSPS) is 31.7. The van der Waals surface area contributed by atoms with Gasteiger partial charge >= 0.3 is 0 Å². The second kappa shape index (κ2) is 3.22. The number of likely N-dealkylation sites (tertiary alicyclic amines) is 1. The molecule has 1 aliphatic heterocycles. The number of piperidine rings is 1. The van der Waals surface area contributed by atoms with Crippen molar-refractivity contribution >= 4 is 5.91 Å². The Kier molecular flexibility index (Phi) is 1.94. The average molecular weight is 218 g/mol. The predicted octanol–water partition coefficient (Wildman–Crippen LogP) is 0.308. The van der Waals surface area contributed by atoms with Crippen molar-refractivity contribution in [2.24, 2.45) is 17.6 Å². The van der Waals surface area contributed by atoms with E-state index in [2.05, 4.69) is 0 Å². The van der Waals surface area contributed by atoms with Gasteiger partial charge in [0.15, 0.2) is 0 Å². The van der Waals surface area contributed by atoms with Crippen LogP contribution in [0, 0.1) is 11.8 Å². The third kappa shape index (κ3) is 1.38. The summed E-state index contributed by atoms with van der Waals surface area (Å²) in [5.41, 5.74) is 6.72. The van der Waals surface area contributed by atoms with Crippen LogP contribution in [0.25, 0.3) is 0 Å². The van der Waals surface area contributed by atoms with Crippen molar-refractivity contribution in [1.82, 2.24) is 4.90 Å². The Hall–Kier alpha value is -1.55. The molecule has 4 heteroatoms. The molecule has 1 saturated carbocycles. The van der Waals surface area contributed by atoms with Crippen LogP contribution in [0.5, 0.6) is 5.75 Å². The molecule has 1 aliphatic carbocycles. The number of aromatic hydroxyl groups is 1. The van der Waals surface area contributed by atoms with Gasteiger partial charge in [-0.1, -0.05) is 12.1 Å². The monoisotopic (exact) mass is 218 g/mol. The maximum atomic E-state index is 11.8. The molecule has 1 saturated heterocycles. The maximum absolute atomic E-state index is 11.8. The number of benzene rings is 1. The topological polar surface area (TPSA) is 66.6 Å². The van der Waals surface area contributed by atoms with Gasteiger partial charge in [0.05, 0.1) is 5.92 Å². The van der Waals surface area contributed by atoms with Crippen molar-refractivity contribution in [1.29, 1.82) is 0 Å². The summed E-state index contributed by atoms with van der Waals surface area (Å²) in [7, 11) is 0. The SMILES string of the molecule is NC1C2CN(Cc3cccc(O)c3)C(=O)C12. The lowest BCUT2D eigenvalue weighted by molar-refractivity contribution is -0.130. The number of hydrogen-bond acceptors (Lipinski definition) is 3. The number of nitrogens with zero attached hydrogens (tertiary/aromatic N) is 1. The summed E-state index contributed by atoms with van der Waals surface area (Å²) in [5, 5.41) is 9.33. The number of rotatable bonds is 2. The number of amides is 1. The smallest absolute Gasteiger partial charge is 0.227 e. The summed E-state index contributed by atoms with van der Waals surface area (Å²) in [6.07, 6.45) is 0. The number of phenolic OH excluding ortho intramolecular Hbond substituents is 1. The Balaban J connectivity index is 1.71. The summed E-state index contributed by atoms with van der Waals surface area (Å²) < 4.78 is 0. The van der Waals surface area contributed by atoms with Gasteiger partial charge in [0.2, 0.25) is 5.91 Å². The lowest BCUT2D eigenvalue weighted by atomic mass is 10.2. The third-order valence-electron chi connectivity index (χ3n) is 3.54. The van der Waals surface area contributed by atoms with Crippen LogP contribution in [0.1, 0.15) is 5.56 Å². The molecule has 3 rings (SSSR count). The highest BCUT2D eigenvalue weighted by molar-refractivity contribution is 5.86. The van der Waals surface area contributed by atoms with Crippen molar-refractivity contribution < 1.29 is 9.90 Å². The minimum atomic E-state index is 0.0670. The first-order valence-electron chi connectivity index (χ1n) is 5.49. The van der Waals surface area contributed by atoms with Gasteiger partial charge < -0.3 is 15.7 Å². The molecule has 3 unspecified atom stereocenters. The second-order valence-electron chi connectivity index (χ2n) is 4.66. The van der Waals surface area contributed by atoms with E-state index < -0.39 is 0 Å². The van der Waals surface area contributed by atoms with Gasteiger partial charge in [0.1, 0.15) is 5.75 Å². The Morgan fingerprint density at radius 2 is 2.31 bits per heavy atom. The summed E-state index contributed by atoms with van der Waals surface area (Å²) in [6, 6.07) is 7.11. The first-order chi connectivity index (χ1) is 7.66. The highest BCUT2D eigenvalue weighted by atomic mass is 16.3. The van der Waals surface area contributed by atoms with E-state index in [1.54, 1.807) is 18.2 Å². The lowest BCUT2D eigenvalue weighted by Gasteiger charge is -2.19. The molecular formula is C12H14N2O2. The predicted molar refractivity (Wildman–Crippen MR) is 58.5 cm³/mol. The van der Waals surface area contributed by atoms with E-state index >= 15 is 0 Å². The summed E-state index contributed by atoms with van der Waals surface area (Å²) in [5.74, 6) is 0.842. The van der Waals surface area contributed by atoms with Gasteiger partial charge in [0.25, 0.3) is 0 Å². The molecule has 84 valence electrons. The van der Waals surface area contributed by atoms with E-state index in [9.17, 15) is 9.90 Å². The van der Waals surface area contributed by atoms with Gasteiger partial charge in [-0.25, -0.2) is 0 Å². The van der Waals surface area contributed by atoms with Crippen molar-refractivity contribution in [2.45, 2.75) is 12.6 Å². The van der Waals surface area contributed by atoms with Crippen molar-refractivity contribution in [3.63, 3.8) is 0 Å². The molecule has 3 atom stereocenters. The largest absolute Gasteiger partial charge is 0.508 e. The van der Waals surface area contributed by atoms with Crippen LogP contribution in [0.2, 0.25) is 0 Å². The maximum Gasteiger partial charge on any atom is 0.227 e. The van der Waals surface area contributed by atoms with Crippen molar-refractivity contribution in [2.75, 3.05) is 6.54 Å². The number of hydrogen-bond donors (Lipinski definition) is 2. The van der Waals surface area contributed by atoms with Gasteiger partial charge in [-0.15, -0.1) is 0 Å². The minimum absolute atomic E-state index is 0.0670. The third-order valence-corrected chi connectivity index (χ3v) is 3.54.